The molecule has 3 heterocycles. The Morgan fingerprint density at radius 2 is 2.17 bits per heavy atom. The molecule has 0 aromatic heterocycles. The maximum absolute atomic E-state index is 13.0. The summed E-state index contributed by atoms with van der Waals surface area (Å²) in [6.45, 7) is 5.12. The van der Waals surface area contributed by atoms with Crippen LogP contribution in [0.5, 0.6) is 0 Å². The van der Waals surface area contributed by atoms with Crippen LogP contribution in [0.15, 0.2) is 0 Å². The summed E-state index contributed by atoms with van der Waals surface area (Å²) in [5.74, 6) is 2.29. The van der Waals surface area contributed by atoms with Crippen molar-refractivity contribution in [3.8, 4) is 0 Å². The second-order valence-electron chi connectivity index (χ2n) is 6.52. The third kappa shape index (κ3) is 4.61. The van der Waals surface area contributed by atoms with Crippen LogP contribution in [0.4, 0.5) is 0 Å². The fourth-order valence-electron chi connectivity index (χ4n) is 3.51. The van der Waals surface area contributed by atoms with Crippen molar-refractivity contribution >= 4 is 23.6 Å². The predicted octanol–water partition coefficient (Wildman–Crippen LogP) is 0.321. The lowest BCUT2D eigenvalue weighted by molar-refractivity contribution is -0.140. The highest BCUT2D eigenvalue weighted by Gasteiger charge is 2.33. The fourth-order valence-corrected chi connectivity index (χ4v) is 4.73. The standard InChI is InChI=1S/C16H27N3O3S/c20-15-3-1-2-14(17-15)16(21)19(13-4-11-23-12-13)6-5-18-7-9-22-10-8-18/h13-14H,1-12H2,(H,17,20). The number of rotatable bonds is 5. The van der Waals surface area contributed by atoms with Crippen molar-refractivity contribution in [1.82, 2.24) is 15.1 Å². The van der Waals surface area contributed by atoms with Crippen LogP contribution in [-0.2, 0) is 14.3 Å². The van der Waals surface area contributed by atoms with Crippen LogP contribution in [0.1, 0.15) is 25.7 Å². The topological polar surface area (TPSA) is 61.9 Å². The minimum atomic E-state index is -0.313. The van der Waals surface area contributed by atoms with E-state index >= 15 is 0 Å². The Kier molecular flexibility index (Phi) is 6.19. The predicted molar refractivity (Wildman–Crippen MR) is 90.5 cm³/mol. The largest absolute Gasteiger partial charge is 0.379 e. The summed E-state index contributed by atoms with van der Waals surface area (Å²) in [5, 5.41) is 2.89. The molecule has 1 N–H and O–H groups in total. The number of amides is 2. The monoisotopic (exact) mass is 341 g/mol. The number of nitrogens with one attached hydrogen (secondary N) is 1. The lowest BCUT2D eigenvalue weighted by atomic mass is 10.0. The van der Waals surface area contributed by atoms with Crippen LogP contribution in [0.25, 0.3) is 0 Å². The Balaban J connectivity index is 1.59. The average Bonchev–Trinajstić information content (AvgIpc) is 3.10. The smallest absolute Gasteiger partial charge is 0.245 e. The van der Waals surface area contributed by atoms with Gasteiger partial charge in [0.2, 0.25) is 11.8 Å². The van der Waals surface area contributed by atoms with Gasteiger partial charge in [-0.15, -0.1) is 0 Å². The van der Waals surface area contributed by atoms with Crippen molar-refractivity contribution in [2.45, 2.75) is 37.8 Å². The Morgan fingerprint density at radius 1 is 1.35 bits per heavy atom. The van der Waals surface area contributed by atoms with Crippen LogP contribution in [0, 0.1) is 0 Å². The molecule has 130 valence electrons. The molecule has 6 nitrogen and oxygen atoms in total. The molecule has 0 spiro atoms. The van der Waals surface area contributed by atoms with E-state index in [0.29, 0.717) is 12.5 Å². The van der Waals surface area contributed by atoms with Gasteiger partial charge in [-0.1, -0.05) is 0 Å². The molecule has 2 atom stereocenters. The van der Waals surface area contributed by atoms with Crippen LogP contribution in [-0.4, -0.2) is 84.6 Å². The average molecular weight is 341 g/mol. The molecule has 2 unspecified atom stereocenters. The Hall–Kier alpha value is -0.790. The molecule has 3 saturated heterocycles. The van der Waals surface area contributed by atoms with Gasteiger partial charge < -0.3 is 15.0 Å². The first-order valence-electron chi connectivity index (χ1n) is 8.72. The van der Waals surface area contributed by atoms with E-state index in [0.717, 1.165) is 70.2 Å². The number of ether oxygens (including phenoxy) is 1. The molecule has 0 aliphatic carbocycles. The van der Waals surface area contributed by atoms with Gasteiger partial charge in [-0.25, -0.2) is 0 Å². The van der Waals surface area contributed by atoms with Crippen molar-refractivity contribution in [1.29, 1.82) is 0 Å². The van der Waals surface area contributed by atoms with E-state index in [1.807, 2.05) is 16.7 Å². The van der Waals surface area contributed by atoms with Gasteiger partial charge in [-0.3, -0.25) is 14.5 Å². The molecule has 7 heteroatoms. The van der Waals surface area contributed by atoms with Gasteiger partial charge in [0, 0.05) is 44.4 Å². The lowest BCUT2D eigenvalue weighted by Crippen LogP contribution is -2.55. The Morgan fingerprint density at radius 3 is 2.87 bits per heavy atom. The quantitative estimate of drug-likeness (QED) is 0.780. The highest BCUT2D eigenvalue weighted by Crippen LogP contribution is 2.24. The molecular formula is C16H27N3O3S. The molecule has 0 aromatic carbocycles. The molecule has 0 radical (unpaired) electrons. The molecular weight excluding hydrogens is 314 g/mol. The first-order chi connectivity index (χ1) is 11.2. The zero-order valence-corrected chi connectivity index (χ0v) is 14.5. The number of thioether (sulfide) groups is 1. The molecule has 3 fully saturated rings. The first-order valence-corrected chi connectivity index (χ1v) is 9.87. The molecule has 3 aliphatic heterocycles. The van der Waals surface area contributed by atoms with Gasteiger partial charge in [-0.2, -0.15) is 11.8 Å². The molecule has 3 aliphatic rings. The van der Waals surface area contributed by atoms with E-state index in [9.17, 15) is 9.59 Å². The third-order valence-electron chi connectivity index (χ3n) is 4.92. The van der Waals surface area contributed by atoms with E-state index in [1.54, 1.807) is 0 Å². The van der Waals surface area contributed by atoms with E-state index in [1.165, 1.54) is 0 Å². The zero-order valence-electron chi connectivity index (χ0n) is 13.7. The molecule has 0 saturated carbocycles. The summed E-state index contributed by atoms with van der Waals surface area (Å²) in [4.78, 5) is 29.0. The zero-order chi connectivity index (χ0) is 16.1. The summed E-state index contributed by atoms with van der Waals surface area (Å²) in [5.41, 5.74) is 0. The first kappa shape index (κ1) is 17.0. The maximum Gasteiger partial charge on any atom is 0.245 e. The van der Waals surface area contributed by atoms with Crippen molar-refractivity contribution < 1.29 is 14.3 Å². The van der Waals surface area contributed by atoms with Crippen molar-refractivity contribution in [3.63, 3.8) is 0 Å². The van der Waals surface area contributed by atoms with Gasteiger partial charge in [0.1, 0.15) is 6.04 Å². The van der Waals surface area contributed by atoms with Gasteiger partial charge in [0.15, 0.2) is 0 Å². The number of nitrogens with zero attached hydrogens (tertiary/aromatic N) is 2. The van der Waals surface area contributed by atoms with Gasteiger partial charge in [0.25, 0.3) is 0 Å². The van der Waals surface area contributed by atoms with Crippen LogP contribution in [0.2, 0.25) is 0 Å². The highest BCUT2D eigenvalue weighted by molar-refractivity contribution is 7.99. The molecule has 23 heavy (non-hydrogen) atoms. The van der Waals surface area contributed by atoms with Crippen molar-refractivity contribution in [3.05, 3.63) is 0 Å². The number of hydrogen-bond acceptors (Lipinski definition) is 5. The van der Waals surface area contributed by atoms with Crippen LogP contribution < -0.4 is 5.32 Å². The third-order valence-corrected chi connectivity index (χ3v) is 6.07. The molecule has 2 amide bonds. The van der Waals surface area contributed by atoms with E-state index in [4.69, 9.17) is 4.74 Å². The number of carbonyl (C=O) groups is 2. The Bertz CT molecular complexity index is 423. The van der Waals surface area contributed by atoms with Gasteiger partial charge in [-0.05, 0) is 25.0 Å². The van der Waals surface area contributed by atoms with E-state index < -0.39 is 0 Å². The molecule has 0 aromatic rings. The summed E-state index contributed by atoms with van der Waals surface area (Å²) < 4.78 is 5.39. The molecule has 3 rings (SSSR count). The number of piperidine rings is 1. The summed E-state index contributed by atoms with van der Waals surface area (Å²) >= 11 is 1.92. The maximum atomic E-state index is 13.0. The van der Waals surface area contributed by atoms with E-state index in [-0.39, 0.29) is 17.9 Å². The SMILES string of the molecule is O=C1CCCC(C(=O)N(CCN2CCOCC2)C2CCSC2)N1. The second-order valence-corrected chi connectivity index (χ2v) is 7.67. The summed E-state index contributed by atoms with van der Waals surface area (Å²) in [6, 6.07) is 0.0129. The minimum absolute atomic E-state index is 0.0172. The normalized spacial score (nSPS) is 29.3. The summed E-state index contributed by atoms with van der Waals surface area (Å²) in [7, 11) is 0. The van der Waals surface area contributed by atoms with E-state index in [2.05, 4.69) is 10.2 Å². The number of morpholine rings is 1. The van der Waals surface area contributed by atoms with Crippen molar-refractivity contribution in [2.24, 2.45) is 0 Å². The molecule has 0 bridgehead atoms. The van der Waals surface area contributed by atoms with Gasteiger partial charge >= 0.3 is 0 Å². The number of hydrogen-bond donors (Lipinski definition) is 1. The second kappa shape index (κ2) is 8.35. The fraction of sp³-hybridized carbons (Fsp3) is 0.875. The Labute approximate surface area is 142 Å². The van der Waals surface area contributed by atoms with Crippen LogP contribution >= 0.6 is 11.8 Å². The lowest BCUT2D eigenvalue weighted by Gasteiger charge is -2.36. The summed E-state index contributed by atoms with van der Waals surface area (Å²) in [6.07, 6.45) is 3.22. The van der Waals surface area contributed by atoms with Crippen LogP contribution in [0.3, 0.4) is 0 Å². The van der Waals surface area contributed by atoms with Gasteiger partial charge in [0.05, 0.1) is 13.2 Å². The number of carbonyl (C=O) groups excluding carboxylic acids is 2. The highest BCUT2D eigenvalue weighted by atomic mass is 32.2. The van der Waals surface area contributed by atoms with Crippen molar-refractivity contribution in [2.75, 3.05) is 50.9 Å². The minimum Gasteiger partial charge on any atom is -0.379 e.